The first-order valence-corrected chi connectivity index (χ1v) is 32.1. The van der Waals surface area contributed by atoms with E-state index in [1.54, 1.807) is 0 Å². The molecule has 422 valence electrons. The van der Waals surface area contributed by atoms with Crippen LogP contribution in [0.3, 0.4) is 0 Å². The molecule has 0 aliphatic heterocycles. The van der Waals surface area contributed by atoms with Crippen LogP contribution in [0.2, 0.25) is 0 Å². The van der Waals surface area contributed by atoms with E-state index in [1.165, 1.54) is 244 Å². The SMILES string of the molecule is CCC(C)CCCCCCCCCCCCCCCCCCCCC(=O)OC[C@@H](COC(=O)CCCCCCCCCCCC(C)C)OC(=O)CCCCCCCCCCCCCCCCCCC(C)C. The van der Waals surface area contributed by atoms with E-state index in [2.05, 4.69) is 41.5 Å². The van der Waals surface area contributed by atoms with E-state index in [9.17, 15) is 14.4 Å². The molecule has 0 bridgehead atoms. The average molecular weight is 1000 g/mol. The fourth-order valence-corrected chi connectivity index (χ4v) is 10.0. The van der Waals surface area contributed by atoms with Gasteiger partial charge in [-0.25, -0.2) is 0 Å². The standard InChI is InChI=1S/C65H126O6/c1-7-61(6)53-47-41-35-29-23-19-15-10-8-9-11-16-20-24-30-36-42-48-54-63(66)69-57-62(58-70-64(67)55-49-43-37-32-26-28-34-40-46-52-60(4)5)71-65(68)56-50-44-38-31-25-21-17-13-12-14-18-22-27-33-39-45-51-59(2)3/h59-62H,7-58H2,1-6H3/t61?,62-/m0/s1. The first-order valence-electron chi connectivity index (χ1n) is 32.1. The topological polar surface area (TPSA) is 78.9 Å². The summed E-state index contributed by atoms with van der Waals surface area (Å²) >= 11 is 0. The van der Waals surface area contributed by atoms with Crippen LogP contribution in [0, 0.1) is 17.8 Å². The van der Waals surface area contributed by atoms with E-state index in [0.717, 1.165) is 75.5 Å². The molecule has 0 aromatic rings. The van der Waals surface area contributed by atoms with Crippen molar-refractivity contribution in [2.24, 2.45) is 17.8 Å². The van der Waals surface area contributed by atoms with E-state index in [0.29, 0.717) is 19.3 Å². The van der Waals surface area contributed by atoms with Crippen molar-refractivity contribution in [3.8, 4) is 0 Å². The molecule has 6 heteroatoms. The summed E-state index contributed by atoms with van der Waals surface area (Å²) in [4.78, 5) is 38.3. The van der Waals surface area contributed by atoms with Gasteiger partial charge < -0.3 is 14.2 Å². The number of rotatable bonds is 58. The third kappa shape index (κ3) is 57.5. The van der Waals surface area contributed by atoms with Crippen LogP contribution in [-0.4, -0.2) is 37.2 Å². The Balaban J connectivity index is 4.23. The first kappa shape index (κ1) is 69.4. The van der Waals surface area contributed by atoms with Crippen molar-refractivity contribution in [2.45, 2.75) is 369 Å². The molecule has 0 N–H and O–H groups in total. The summed E-state index contributed by atoms with van der Waals surface area (Å²) in [6.07, 6.45) is 61.1. The van der Waals surface area contributed by atoms with Crippen molar-refractivity contribution in [3.63, 3.8) is 0 Å². The lowest BCUT2D eigenvalue weighted by Crippen LogP contribution is -2.30. The van der Waals surface area contributed by atoms with Crippen LogP contribution in [0.25, 0.3) is 0 Å². The molecule has 0 aliphatic carbocycles. The Morgan fingerprint density at radius 2 is 0.493 bits per heavy atom. The number of unbranched alkanes of at least 4 members (excludes halogenated alkanes) is 40. The molecule has 1 unspecified atom stereocenters. The minimum Gasteiger partial charge on any atom is -0.462 e. The Morgan fingerprint density at radius 1 is 0.282 bits per heavy atom. The van der Waals surface area contributed by atoms with Crippen LogP contribution in [0.1, 0.15) is 363 Å². The number of carbonyl (C=O) groups is 3. The maximum atomic E-state index is 12.9. The monoisotopic (exact) mass is 1000 g/mol. The van der Waals surface area contributed by atoms with Crippen molar-refractivity contribution in [1.29, 1.82) is 0 Å². The maximum absolute atomic E-state index is 12.9. The zero-order valence-corrected chi connectivity index (χ0v) is 49.0. The van der Waals surface area contributed by atoms with Gasteiger partial charge >= 0.3 is 17.9 Å². The third-order valence-corrected chi connectivity index (χ3v) is 15.3. The van der Waals surface area contributed by atoms with Gasteiger partial charge in [-0.1, -0.05) is 324 Å². The van der Waals surface area contributed by atoms with Gasteiger partial charge in [0.25, 0.3) is 0 Å². The number of carbonyl (C=O) groups excluding carboxylic acids is 3. The largest absolute Gasteiger partial charge is 0.462 e. The molecule has 0 spiro atoms. The van der Waals surface area contributed by atoms with Crippen molar-refractivity contribution >= 4 is 17.9 Å². The fraction of sp³-hybridized carbons (Fsp3) is 0.954. The maximum Gasteiger partial charge on any atom is 0.306 e. The van der Waals surface area contributed by atoms with Gasteiger partial charge in [0.05, 0.1) is 0 Å². The molecule has 0 aliphatic rings. The van der Waals surface area contributed by atoms with Gasteiger partial charge in [-0.05, 0) is 37.0 Å². The number of hydrogen-bond donors (Lipinski definition) is 0. The molecule has 6 nitrogen and oxygen atoms in total. The van der Waals surface area contributed by atoms with Crippen LogP contribution in [0.15, 0.2) is 0 Å². The third-order valence-electron chi connectivity index (χ3n) is 15.3. The molecule has 2 atom stereocenters. The molecule has 0 radical (unpaired) electrons. The summed E-state index contributed by atoms with van der Waals surface area (Å²) in [7, 11) is 0. The highest BCUT2D eigenvalue weighted by Gasteiger charge is 2.19. The minimum absolute atomic E-state index is 0.0629. The minimum atomic E-state index is -0.764. The Kier molecular flexibility index (Phi) is 54.9. The van der Waals surface area contributed by atoms with Gasteiger partial charge in [-0.15, -0.1) is 0 Å². The summed E-state index contributed by atoms with van der Waals surface area (Å²) in [5, 5.41) is 0. The summed E-state index contributed by atoms with van der Waals surface area (Å²) in [5.74, 6) is 1.73. The molecule has 0 fully saturated rings. The van der Waals surface area contributed by atoms with E-state index in [1.807, 2.05) is 0 Å². The lowest BCUT2D eigenvalue weighted by atomic mass is 9.99. The van der Waals surface area contributed by atoms with E-state index < -0.39 is 6.10 Å². The van der Waals surface area contributed by atoms with Crippen molar-refractivity contribution < 1.29 is 28.6 Å². The number of hydrogen-bond acceptors (Lipinski definition) is 6. The van der Waals surface area contributed by atoms with Crippen LogP contribution in [-0.2, 0) is 28.6 Å². The van der Waals surface area contributed by atoms with E-state index >= 15 is 0 Å². The van der Waals surface area contributed by atoms with Gasteiger partial charge in [0.15, 0.2) is 6.10 Å². The molecule has 71 heavy (non-hydrogen) atoms. The van der Waals surface area contributed by atoms with Crippen molar-refractivity contribution in [3.05, 3.63) is 0 Å². The zero-order valence-electron chi connectivity index (χ0n) is 49.0. The van der Waals surface area contributed by atoms with Gasteiger partial charge in [0.2, 0.25) is 0 Å². The lowest BCUT2D eigenvalue weighted by Gasteiger charge is -2.18. The van der Waals surface area contributed by atoms with Crippen LogP contribution in [0.4, 0.5) is 0 Å². The predicted octanol–water partition coefficient (Wildman–Crippen LogP) is 21.5. The van der Waals surface area contributed by atoms with Crippen LogP contribution >= 0.6 is 0 Å². The fourth-order valence-electron chi connectivity index (χ4n) is 10.0. The second-order valence-electron chi connectivity index (χ2n) is 23.6. The van der Waals surface area contributed by atoms with Gasteiger partial charge in [0, 0.05) is 19.3 Å². The smallest absolute Gasteiger partial charge is 0.306 e. The Morgan fingerprint density at radius 3 is 0.732 bits per heavy atom. The van der Waals surface area contributed by atoms with Crippen LogP contribution in [0.5, 0.6) is 0 Å². The Labute approximate surface area is 444 Å². The normalized spacial score (nSPS) is 12.5. The second-order valence-corrected chi connectivity index (χ2v) is 23.6. The molecule has 0 rings (SSSR count). The number of esters is 3. The quantitative estimate of drug-likeness (QED) is 0.0343. The molecule has 0 heterocycles. The van der Waals surface area contributed by atoms with Crippen molar-refractivity contribution in [2.75, 3.05) is 13.2 Å². The van der Waals surface area contributed by atoms with E-state index in [-0.39, 0.29) is 31.1 Å². The summed E-state index contributed by atoms with van der Waals surface area (Å²) in [5.41, 5.74) is 0. The molecule has 0 aromatic heterocycles. The highest BCUT2D eigenvalue weighted by Crippen LogP contribution is 2.19. The second kappa shape index (κ2) is 56.1. The summed E-state index contributed by atoms with van der Waals surface area (Å²) < 4.78 is 16.9. The molecular weight excluding hydrogens is 877 g/mol. The molecular formula is C65H126O6. The van der Waals surface area contributed by atoms with E-state index in [4.69, 9.17) is 14.2 Å². The molecule has 0 aromatic carbocycles. The van der Waals surface area contributed by atoms with Gasteiger partial charge in [-0.3, -0.25) is 14.4 Å². The molecule has 0 saturated carbocycles. The average Bonchev–Trinajstić information content (AvgIpc) is 3.35. The molecule has 0 saturated heterocycles. The summed E-state index contributed by atoms with van der Waals surface area (Å²) in [6, 6.07) is 0. The zero-order chi connectivity index (χ0) is 51.9. The summed E-state index contributed by atoms with van der Waals surface area (Å²) in [6.45, 7) is 13.8. The number of ether oxygens (including phenoxy) is 3. The van der Waals surface area contributed by atoms with Gasteiger partial charge in [-0.2, -0.15) is 0 Å². The Hall–Kier alpha value is -1.59. The Bertz CT molecular complexity index is 1100. The lowest BCUT2D eigenvalue weighted by molar-refractivity contribution is -0.167. The molecule has 0 amide bonds. The predicted molar refractivity (Wildman–Crippen MR) is 307 cm³/mol. The highest BCUT2D eigenvalue weighted by atomic mass is 16.6. The first-order chi connectivity index (χ1) is 34.6. The van der Waals surface area contributed by atoms with Crippen molar-refractivity contribution in [1.82, 2.24) is 0 Å². The highest BCUT2D eigenvalue weighted by molar-refractivity contribution is 5.71. The van der Waals surface area contributed by atoms with Gasteiger partial charge in [0.1, 0.15) is 13.2 Å². The van der Waals surface area contributed by atoms with Crippen LogP contribution < -0.4 is 0 Å².